The fraction of sp³-hybridized carbons (Fsp3) is 0.969. The Labute approximate surface area is 460 Å². The highest BCUT2D eigenvalue weighted by molar-refractivity contribution is 5.96. The van der Waals surface area contributed by atoms with E-state index in [4.69, 9.17) is 0 Å². The number of carbonyl (C=O) groups excluding carboxylic acids is 2. The molecule has 440 valence electrons. The summed E-state index contributed by atoms with van der Waals surface area (Å²) in [7, 11) is 0. The van der Waals surface area contributed by atoms with Gasteiger partial charge < -0.3 is 30.9 Å². The van der Waals surface area contributed by atoms with Crippen molar-refractivity contribution in [3.05, 3.63) is 0 Å². The van der Waals surface area contributed by atoms with Gasteiger partial charge in [0.1, 0.15) is 12.1 Å². The van der Waals surface area contributed by atoms with E-state index in [0.717, 1.165) is 90.4 Å². The Kier molecular flexibility index (Phi) is 50.1. The van der Waals surface area contributed by atoms with Crippen LogP contribution in [-0.2, 0) is 9.59 Å². The monoisotopic (exact) mass is 1050 g/mol. The van der Waals surface area contributed by atoms with Gasteiger partial charge in [-0.3, -0.25) is 14.5 Å². The van der Waals surface area contributed by atoms with Gasteiger partial charge in [-0.15, -0.1) is 0 Å². The van der Waals surface area contributed by atoms with Crippen molar-refractivity contribution in [2.75, 3.05) is 39.3 Å². The molecule has 0 saturated carbocycles. The van der Waals surface area contributed by atoms with Crippen LogP contribution in [-0.4, -0.2) is 107 Å². The molecule has 1 saturated heterocycles. The number of amides is 2. The van der Waals surface area contributed by atoms with Crippen LogP contribution >= 0.6 is 0 Å². The molecule has 0 aromatic rings. The summed E-state index contributed by atoms with van der Waals surface area (Å²) < 4.78 is 0. The van der Waals surface area contributed by atoms with Crippen molar-refractivity contribution in [3.63, 3.8) is 0 Å². The molecule has 0 aromatic carbocycles. The van der Waals surface area contributed by atoms with E-state index < -0.39 is 24.3 Å². The van der Waals surface area contributed by atoms with Gasteiger partial charge in [-0.25, -0.2) is 0 Å². The van der Waals surface area contributed by atoms with Crippen LogP contribution < -0.4 is 10.6 Å². The molecule has 0 bridgehead atoms. The second-order valence-electron chi connectivity index (χ2n) is 24.2. The van der Waals surface area contributed by atoms with Crippen LogP contribution in [0.3, 0.4) is 0 Å². The van der Waals surface area contributed by atoms with Crippen molar-refractivity contribution in [3.8, 4) is 0 Å². The van der Waals surface area contributed by atoms with Crippen LogP contribution in [0, 0.1) is 5.92 Å². The zero-order valence-corrected chi connectivity index (χ0v) is 50.3. The molecule has 5 N–H and O–H groups in total. The Hall–Kier alpha value is -1.26. The largest absolute Gasteiger partial charge is 0.392 e. The minimum Gasteiger partial charge on any atom is -0.392 e. The number of unbranched alkanes of at least 4 members (excludes halogenated alkanes) is 34. The van der Waals surface area contributed by atoms with E-state index in [2.05, 4.69) is 55.1 Å². The maximum absolute atomic E-state index is 13.4. The van der Waals surface area contributed by atoms with Crippen LogP contribution in [0.25, 0.3) is 0 Å². The van der Waals surface area contributed by atoms with Gasteiger partial charge in [0, 0.05) is 26.2 Å². The fourth-order valence-electron chi connectivity index (χ4n) is 11.5. The Morgan fingerprint density at radius 1 is 0.338 bits per heavy atom. The van der Waals surface area contributed by atoms with Crippen molar-refractivity contribution in [2.45, 2.75) is 360 Å². The summed E-state index contributed by atoms with van der Waals surface area (Å²) in [6.07, 6.45) is 53.9. The standard InChI is InChI=1S/C65H130N4O5/c1-6-10-14-18-22-26-30-34-38-46-58(5)54-68(55-59(70)47-39-35-31-27-23-19-15-11-7-2)52-44-42-50-62-64(73)67-63(65(74)66-62)51-43-45-53-69(56-60(71)48-40-36-32-28-24-20-16-12-8-3)57-61(72)49-41-37-33-29-25-21-17-13-9-4/h58-63,70-72H,6-57H2,1-5H3,(H,66,74)(H,67,73). The van der Waals surface area contributed by atoms with Crippen LogP contribution in [0.4, 0.5) is 0 Å². The van der Waals surface area contributed by atoms with Crippen molar-refractivity contribution in [1.82, 2.24) is 20.4 Å². The molecule has 1 fully saturated rings. The molecular weight excluding hydrogens is 917 g/mol. The Morgan fingerprint density at radius 2 is 0.581 bits per heavy atom. The first-order valence-corrected chi connectivity index (χ1v) is 33.2. The molecule has 6 atom stereocenters. The highest BCUT2D eigenvalue weighted by Crippen LogP contribution is 2.20. The Morgan fingerprint density at radius 3 is 0.865 bits per heavy atom. The van der Waals surface area contributed by atoms with Gasteiger partial charge in [0.15, 0.2) is 0 Å². The van der Waals surface area contributed by atoms with Crippen molar-refractivity contribution in [2.24, 2.45) is 5.92 Å². The maximum Gasteiger partial charge on any atom is 0.243 e. The van der Waals surface area contributed by atoms with Crippen LogP contribution in [0.15, 0.2) is 0 Å². The van der Waals surface area contributed by atoms with Crippen molar-refractivity contribution in [1.29, 1.82) is 0 Å². The number of hydrogen-bond acceptors (Lipinski definition) is 7. The molecule has 2 amide bonds. The first-order chi connectivity index (χ1) is 36.1. The summed E-state index contributed by atoms with van der Waals surface area (Å²) in [5.41, 5.74) is 0. The molecular formula is C65H130N4O5. The third kappa shape index (κ3) is 43.7. The van der Waals surface area contributed by atoms with Gasteiger partial charge in [0.05, 0.1) is 18.3 Å². The molecule has 6 unspecified atom stereocenters. The van der Waals surface area contributed by atoms with Crippen molar-refractivity contribution >= 4 is 11.8 Å². The van der Waals surface area contributed by atoms with E-state index in [1.807, 2.05) is 0 Å². The first kappa shape index (κ1) is 70.8. The first-order valence-electron chi connectivity index (χ1n) is 33.2. The highest BCUT2D eigenvalue weighted by Gasteiger charge is 2.33. The van der Waals surface area contributed by atoms with Gasteiger partial charge in [-0.05, 0) is 83.2 Å². The van der Waals surface area contributed by atoms with E-state index in [1.165, 1.54) is 218 Å². The van der Waals surface area contributed by atoms with Crippen LogP contribution in [0.2, 0.25) is 0 Å². The molecule has 0 radical (unpaired) electrons. The smallest absolute Gasteiger partial charge is 0.243 e. The molecule has 0 aromatic heterocycles. The minimum atomic E-state index is -0.517. The SMILES string of the molecule is CCCCCCCCCCCC(C)CN(CCCCC1NC(=O)C(CCCCN(CC(O)CCCCCCCCCCC)CC(O)CCCCCCCCCCC)NC1=O)CC(O)CCCCCCCCCCC. The third-order valence-corrected chi connectivity index (χ3v) is 16.4. The number of rotatable bonds is 58. The van der Waals surface area contributed by atoms with E-state index in [9.17, 15) is 24.9 Å². The summed E-state index contributed by atoms with van der Waals surface area (Å²) in [6.45, 7) is 16.0. The average Bonchev–Trinajstić information content (AvgIpc) is 3.37. The molecule has 0 aliphatic carbocycles. The number of hydrogen-bond donors (Lipinski definition) is 5. The predicted molar refractivity (Wildman–Crippen MR) is 319 cm³/mol. The number of nitrogens with zero attached hydrogens (tertiary/aromatic N) is 2. The molecule has 1 heterocycles. The average molecular weight is 1050 g/mol. The molecule has 0 spiro atoms. The number of aliphatic hydroxyl groups is 3. The zero-order chi connectivity index (χ0) is 54.0. The van der Waals surface area contributed by atoms with Crippen molar-refractivity contribution < 1.29 is 24.9 Å². The van der Waals surface area contributed by atoms with Gasteiger partial charge in [-0.1, -0.05) is 266 Å². The molecule has 9 heteroatoms. The summed E-state index contributed by atoms with van der Waals surface area (Å²) in [4.78, 5) is 31.5. The van der Waals surface area contributed by atoms with E-state index in [0.29, 0.717) is 31.8 Å². The Balaban J connectivity index is 2.61. The fourth-order valence-corrected chi connectivity index (χ4v) is 11.5. The van der Waals surface area contributed by atoms with Gasteiger partial charge in [0.25, 0.3) is 0 Å². The van der Waals surface area contributed by atoms with Crippen LogP contribution in [0.1, 0.15) is 330 Å². The van der Waals surface area contributed by atoms with E-state index >= 15 is 0 Å². The molecule has 9 nitrogen and oxygen atoms in total. The molecule has 1 aliphatic rings. The normalized spacial score (nSPS) is 16.8. The number of nitrogens with one attached hydrogen (secondary N) is 2. The van der Waals surface area contributed by atoms with E-state index in [-0.39, 0.29) is 17.9 Å². The van der Waals surface area contributed by atoms with Gasteiger partial charge in [0.2, 0.25) is 11.8 Å². The van der Waals surface area contributed by atoms with Gasteiger partial charge >= 0.3 is 0 Å². The predicted octanol–water partition coefficient (Wildman–Crippen LogP) is 16.3. The second kappa shape index (κ2) is 52.4. The lowest BCUT2D eigenvalue weighted by Crippen LogP contribution is -2.61. The minimum absolute atomic E-state index is 0.0710. The van der Waals surface area contributed by atoms with Crippen LogP contribution in [0.5, 0.6) is 0 Å². The number of piperazine rings is 1. The molecule has 74 heavy (non-hydrogen) atoms. The molecule has 1 aliphatic heterocycles. The quantitative estimate of drug-likeness (QED) is 0.0384. The summed E-state index contributed by atoms with van der Waals surface area (Å²) in [5, 5.41) is 39.6. The van der Waals surface area contributed by atoms with E-state index in [1.54, 1.807) is 0 Å². The lowest BCUT2D eigenvalue weighted by Gasteiger charge is -2.31. The lowest BCUT2D eigenvalue weighted by molar-refractivity contribution is -0.137. The summed E-state index contributed by atoms with van der Waals surface area (Å²) >= 11 is 0. The number of carbonyl (C=O) groups is 2. The lowest BCUT2D eigenvalue weighted by atomic mass is 9.99. The topological polar surface area (TPSA) is 125 Å². The maximum atomic E-state index is 13.4. The number of aliphatic hydroxyl groups excluding tert-OH is 3. The zero-order valence-electron chi connectivity index (χ0n) is 50.3. The third-order valence-electron chi connectivity index (χ3n) is 16.4. The second-order valence-corrected chi connectivity index (χ2v) is 24.2. The molecule has 1 rings (SSSR count). The highest BCUT2D eigenvalue weighted by atomic mass is 16.3. The summed E-state index contributed by atoms with van der Waals surface area (Å²) in [5.74, 6) is 0.439. The Bertz CT molecular complexity index is 1060. The summed E-state index contributed by atoms with van der Waals surface area (Å²) in [6, 6.07) is -1.01. The van der Waals surface area contributed by atoms with Gasteiger partial charge in [-0.2, -0.15) is 0 Å².